The molecule has 0 aromatic heterocycles. The minimum absolute atomic E-state index is 0.378. The zero-order valence-corrected chi connectivity index (χ0v) is 11.1. The number of benzene rings is 1. The summed E-state index contributed by atoms with van der Waals surface area (Å²) in [5.41, 5.74) is 8.89. The molecule has 2 rings (SSSR count). The second kappa shape index (κ2) is 3.60. The summed E-state index contributed by atoms with van der Waals surface area (Å²) in [6.45, 7) is 7.53. The van der Waals surface area contributed by atoms with Crippen LogP contribution in [0.15, 0.2) is 22.7 Å². The Morgan fingerprint density at radius 2 is 2.07 bits per heavy atom. The van der Waals surface area contributed by atoms with Crippen LogP contribution in [0.5, 0.6) is 0 Å². The molecule has 1 aromatic rings. The van der Waals surface area contributed by atoms with E-state index in [1.54, 1.807) is 0 Å². The normalized spacial score (nSPS) is 27.8. The monoisotopic (exact) mass is 267 g/mol. The van der Waals surface area contributed by atoms with Crippen molar-refractivity contribution < 1.29 is 0 Å². The highest BCUT2D eigenvalue weighted by molar-refractivity contribution is 9.10. The second-order valence-electron chi connectivity index (χ2n) is 5.15. The summed E-state index contributed by atoms with van der Waals surface area (Å²) in [4.78, 5) is 0. The van der Waals surface area contributed by atoms with E-state index >= 15 is 0 Å². The van der Waals surface area contributed by atoms with Crippen LogP contribution in [0.25, 0.3) is 0 Å². The Morgan fingerprint density at radius 3 is 2.53 bits per heavy atom. The number of aryl methyl sites for hydroxylation is 1. The molecule has 0 saturated heterocycles. The van der Waals surface area contributed by atoms with Crippen molar-refractivity contribution >= 4 is 15.9 Å². The zero-order chi connectivity index (χ0) is 11.2. The molecule has 1 nitrogen and oxygen atoms in total. The lowest BCUT2D eigenvalue weighted by Crippen LogP contribution is -2.05. The predicted octanol–water partition coefficient (Wildman–Crippen LogP) is 3.46. The van der Waals surface area contributed by atoms with Gasteiger partial charge in [0, 0.05) is 4.47 Å². The molecule has 15 heavy (non-hydrogen) atoms. The van der Waals surface area contributed by atoms with Crippen molar-refractivity contribution in [1.82, 2.24) is 0 Å². The van der Waals surface area contributed by atoms with Crippen LogP contribution in [0.1, 0.15) is 30.9 Å². The topological polar surface area (TPSA) is 26.0 Å². The van der Waals surface area contributed by atoms with Gasteiger partial charge in [-0.05, 0) is 47.9 Å². The highest BCUT2D eigenvalue weighted by Gasteiger charge is 2.57. The van der Waals surface area contributed by atoms with E-state index in [4.69, 9.17) is 5.73 Å². The molecule has 0 heterocycles. The van der Waals surface area contributed by atoms with Gasteiger partial charge in [0.1, 0.15) is 0 Å². The molecule has 0 radical (unpaired) electrons. The van der Waals surface area contributed by atoms with E-state index in [-0.39, 0.29) is 0 Å². The Morgan fingerprint density at radius 1 is 1.40 bits per heavy atom. The van der Waals surface area contributed by atoms with Crippen LogP contribution in [0.3, 0.4) is 0 Å². The Balaban J connectivity index is 2.29. The third kappa shape index (κ3) is 1.74. The summed E-state index contributed by atoms with van der Waals surface area (Å²) in [5, 5.41) is 0. The maximum atomic E-state index is 5.79. The second-order valence-corrected chi connectivity index (χ2v) is 6.00. The largest absolute Gasteiger partial charge is 0.330 e. The van der Waals surface area contributed by atoms with Gasteiger partial charge in [0.15, 0.2) is 0 Å². The Hall–Kier alpha value is -0.340. The van der Waals surface area contributed by atoms with Gasteiger partial charge in [-0.25, -0.2) is 0 Å². The maximum Gasteiger partial charge on any atom is 0.0207 e. The van der Waals surface area contributed by atoms with Gasteiger partial charge in [-0.15, -0.1) is 0 Å². The fourth-order valence-corrected chi connectivity index (χ4v) is 3.04. The molecule has 0 spiro atoms. The first-order valence-corrected chi connectivity index (χ1v) is 6.24. The molecule has 0 bridgehead atoms. The van der Waals surface area contributed by atoms with Gasteiger partial charge in [-0.3, -0.25) is 0 Å². The first-order chi connectivity index (χ1) is 6.98. The van der Waals surface area contributed by atoms with E-state index in [9.17, 15) is 0 Å². The smallest absolute Gasteiger partial charge is 0.0207 e. The molecule has 0 unspecified atom stereocenters. The fourth-order valence-electron chi connectivity index (χ4n) is 2.65. The minimum atomic E-state index is 0.378. The van der Waals surface area contributed by atoms with E-state index < -0.39 is 0 Å². The van der Waals surface area contributed by atoms with E-state index in [1.165, 1.54) is 15.6 Å². The van der Waals surface area contributed by atoms with Crippen LogP contribution in [-0.4, -0.2) is 6.54 Å². The number of halogens is 1. The average Bonchev–Trinajstić information content (AvgIpc) is 2.73. The molecule has 2 heteroatoms. The van der Waals surface area contributed by atoms with Crippen LogP contribution in [0.4, 0.5) is 0 Å². The summed E-state index contributed by atoms with van der Waals surface area (Å²) in [7, 11) is 0. The Labute approximate surface area is 100 Å². The SMILES string of the molecule is Cc1ccc([C@@H]2[C@@H](CN)C2(C)C)cc1Br. The Bertz CT molecular complexity index is 384. The lowest BCUT2D eigenvalue weighted by atomic mass is 10.0. The molecular formula is C13H18BrN. The highest BCUT2D eigenvalue weighted by Crippen LogP contribution is 2.63. The van der Waals surface area contributed by atoms with Gasteiger partial charge < -0.3 is 5.73 Å². The predicted molar refractivity (Wildman–Crippen MR) is 67.9 cm³/mol. The molecule has 2 atom stereocenters. The molecule has 0 amide bonds. The van der Waals surface area contributed by atoms with Crippen LogP contribution in [0, 0.1) is 18.3 Å². The molecule has 2 N–H and O–H groups in total. The van der Waals surface area contributed by atoms with Crippen LogP contribution in [-0.2, 0) is 0 Å². The molecular weight excluding hydrogens is 250 g/mol. The Kier molecular flexibility index (Phi) is 2.68. The standard InChI is InChI=1S/C13H18BrN/c1-8-4-5-9(6-11(8)14)12-10(7-15)13(12,2)3/h4-6,10,12H,7,15H2,1-3H3/t10-,12-/m1/s1. The quantitative estimate of drug-likeness (QED) is 0.873. The van der Waals surface area contributed by atoms with Gasteiger partial charge in [0.05, 0.1) is 0 Å². The van der Waals surface area contributed by atoms with Gasteiger partial charge in [0.2, 0.25) is 0 Å². The first kappa shape index (κ1) is 11.2. The van der Waals surface area contributed by atoms with Crippen molar-refractivity contribution in [3.8, 4) is 0 Å². The molecule has 0 aliphatic heterocycles. The van der Waals surface area contributed by atoms with Gasteiger partial charge in [-0.1, -0.05) is 41.9 Å². The summed E-state index contributed by atoms with van der Waals surface area (Å²) in [6.07, 6.45) is 0. The van der Waals surface area contributed by atoms with Crippen molar-refractivity contribution in [3.05, 3.63) is 33.8 Å². The summed E-state index contributed by atoms with van der Waals surface area (Å²) >= 11 is 3.59. The van der Waals surface area contributed by atoms with Crippen molar-refractivity contribution in [2.75, 3.05) is 6.54 Å². The lowest BCUT2D eigenvalue weighted by molar-refractivity contribution is 0.558. The van der Waals surface area contributed by atoms with E-state index in [0.717, 1.165) is 6.54 Å². The lowest BCUT2D eigenvalue weighted by Gasteiger charge is -2.05. The first-order valence-electron chi connectivity index (χ1n) is 5.44. The molecule has 1 fully saturated rings. The van der Waals surface area contributed by atoms with E-state index in [1.807, 2.05) is 0 Å². The van der Waals surface area contributed by atoms with Crippen LogP contribution < -0.4 is 5.73 Å². The highest BCUT2D eigenvalue weighted by atomic mass is 79.9. The van der Waals surface area contributed by atoms with E-state index in [0.29, 0.717) is 17.3 Å². The van der Waals surface area contributed by atoms with Crippen molar-refractivity contribution in [2.45, 2.75) is 26.7 Å². The van der Waals surface area contributed by atoms with Gasteiger partial charge in [-0.2, -0.15) is 0 Å². The van der Waals surface area contributed by atoms with Crippen molar-refractivity contribution in [1.29, 1.82) is 0 Å². The third-order valence-corrected chi connectivity index (χ3v) is 4.71. The molecule has 1 aromatic carbocycles. The van der Waals surface area contributed by atoms with Gasteiger partial charge >= 0.3 is 0 Å². The maximum absolute atomic E-state index is 5.79. The molecule has 1 saturated carbocycles. The van der Waals surface area contributed by atoms with Crippen LogP contribution >= 0.6 is 15.9 Å². The molecule has 82 valence electrons. The summed E-state index contributed by atoms with van der Waals surface area (Å²) in [6, 6.07) is 6.67. The zero-order valence-electron chi connectivity index (χ0n) is 9.55. The number of nitrogens with two attached hydrogens (primary N) is 1. The third-order valence-electron chi connectivity index (χ3n) is 3.86. The average molecular weight is 268 g/mol. The van der Waals surface area contributed by atoms with E-state index in [2.05, 4.69) is 54.9 Å². The van der Waals surface area contributed by atoms with Crippen molar-refractivity contribution in [2.24, 2.45) is 17.1 Å². The number of hydrogen-bond donors (Lipinski definition) is 1. The van der Waals surface area contributed by atoms with Gasteiger partial charge in [0.25, 0.3) is 0 Å². The minimum Gasteiger partial charge on any atom is -0.330 e. The molecule has 1 aliphatic rings. The fraction of sp³-hybridized carbons (Fsp3) is 0.538. The number of hydrogen-bond acceptors (Lipinski definition) is 1. The summed E-state index contributed by atoms with van der Waals surface area (Å²) in [5.74, 6) is 1.28. The van der Waals surface area contributed by atoms with Crippen LogP contribution in [0.2, 0.25) is 0 Å². The summed E-state index contributed by atoms with van der Waals surface area (Å²) < 4.78 is 1.21. The van der Waals surface area contributed by atoms with Crippen molar-refractivity contribution in [3.63, 3.8) is 0 Å². The molecule has 1 aliphatic carbocycles. The number of rotatable bonds is 2.